The highest BCUT2D eigenvalue weighted by molar-refractivity contribution is 8.00. The first kappa shape index (κ1) is 17.9. The number of carboxylic acid groups (broad SMARTS) is 1. The summed E-state index contributed by atoms with van der Waals surface area (Å²) in [5.41, 5.74) is 0.511. The molecule has 1 aliphatic heterocycles. The summed E-state index contributed by atoms with van der Waals surface area (Å²) in [5.74, 6) is 0.576. The summed E-state index contributed by atoms with van der Waals surface area (Å²) in [6, 6.07) is 5.25. The number of hydrogen-bond acceptors (Lipinski definition) is 5. The molecule has 2 aliphatic rings. The number of aliphatic carboxylic acids is 1. The SMILES string of the molecule is COc1ccc(C(=O)N2CCS[C@@H]3CCCC[C@@H]32)cc1OCC(=O)O. The molecule has 0 aromatic heterocycles. The average Bonchev–Trinajstić information content (AvgIpc) is 2.65. The molecule has 136 valence electrons. The number of nitrogens with zero attached hydrogens (tertiary/aromatic N) is 1. The molecule has 7 heteroatoms. The predicted molar refractivity (Wildman–Crippen MR) is 95.7 cm³/mol. The molecule has 1 amide bonds. The zero-order chi connectivity index (χ0) is 17.8. The zero-order valence-electron chi connectivity index (χ0n) is 14.3. The fourth-order valence-electron chi connectivity index (χ4n) is 3.58. The van der Waals surface area contributed by atoms with Crippen LogP contribution in [-0.2, 0) is 4.79 Å². The Morgan fingerprint density at radius 2 is 2.08 bits per heavy atom. The highest BCUT2D eigenvalue weighted by atomic mass is 32.2. The van der Waals surface area contributed by atoms with Crippen molar-refractivity contribution in [2.45, 2.75) is 37.0 Å². The molecule has 1 N–H and O–H groups in total. The lowest BCUT2D eigenvalue weighted by Crippen LogP contribution is -2.51. The Morgan fingerprint density at radius 3 is 2.84 bits per heavy atom. The molecule has 2 atom stereocenters. The number of rotatable bonds is 5. The number of carbonyl (C=O) groups excluding carboxylic acids is 1. The molecule has 2 fully saturated rings. The number of carbonyl (C=O) groups is 2. The first-order valence-electron chi connectivity index (χ1n) is 8.55. The van der Waals surface area contributed by atoms with Crippen LogP contribution in [0.3, 0.4) is 0 Å². The monoisotopic (exact) mass is 365 g/mol. The van der Waals surface area contributed by atoms with Crippen LogP contribution in [0.15, 0.2) is 18.2 Å². The lowest BCUT2D eigenvalue weighted by Gasteiger charge is -2.43. The van der Waals surface area contributed by atoms with Crippen LogP contribution in [0.25, 0.3) is 0 Å². The van der Waals surface area contributed by atoms with Gasteiger partial charge in [0.1, 0.15) is 0 Å². The van der Waals surface area contributed by atoms with Gasteiger partial charge < -0.3 is 19.5 Å². The van der Waals surface area contributed by atoms with Gasteiger partial charge in [-0.15, -0.1) is 0 Å². The molecular weight excluding hydrogens is 342 g/mol. The maximum atomic E-state index is 13.0. The topological polar surface area (TPSA) is 76.1 Å². The van der Waals surface area contributed by atoms with E-state index in [0.29, 0.717) is 22.6 Å². The molecule has 25 heavy (non-hydrogen) atoms. The summed E-state index contributed by atoms with van der Waals surface area (Å²) in [5, 5.41) is 9.34. The summed E-state index contributed by atoms with van der Waals surface area (Å²) < 4.78 is 10.5. The van der Waals surface area contributed by atoms with Crippen molar-refractivity contribution in [3.05, 3.63) is 23.8 Å². The highest BCUT2D eigenvalue weighted by Gasteiger charge is 2.36. The smallest absolute Gasteiger partial charge is 0.341 e. The summed E-state index contributed by atoms with van der Waals surface area (Å²) in [4.78, 5) is 25.8. The van der Waals surface area contributed by atoms with E-state index < -0.39 is 12.6 Å². The van der Waals surface area contributed by atoms with Crippen molar-refractivity contribution in [1.82, 2.24) is 4.90 Å². The van der Waals surface area contributed by atoms with Gasteiger partial charge in [0.05, 0.1) is 7.11 Å². The maximum Gasteiger partial charge on any atom is 0.341 e. The standard InChI is InChI=1S/C18H23NO5S/c1-23-14-7-6-12(10-15(14)24-11-17(20)21)18(22)19-8-9-25-16-5-3-2-4-13(16)19/h6-7,10,13,16H,2-5,8-9,11H2,1H3,(H,20,21)/t13-,16+/m0/s1. The van der Waals surface area contributed by atoms with E-state index >= 15 is 0 Å². The van der Waals surface area contributed by atoms with Gasteiger partial charge in [-0.2, -0.15) is 11.8 Å². The fraction of sp³-hybridized carbons (Fsp3) is 0.556. The quantitative estimate of drug-likeness (QED) is 0.865. The van der Waals surface area contributed by atoms with Crippen LogP contribution in [0.1, 0.15) is 36.0 Å². The Kier molecular flexibility index (Phi) is 5.73. The number of methoxy groups -OCH3 is 1. The molecule has 6 nitrogen and oxygen atoms in total. The van der Waals surface area contributed by atoms with E-state index in [2.05, 4.69) is 0 Å². The van der Waals surface area contributed by atoms with Crippen LogP contribution in [0.2, 0.25) is 0 Å². The first-order valence-corrected chi connectivity index (χ1v) is 9.60. The van der Waals surface area contributed by atoms with Gasteiger partial charge in [-0.3, -0.25) is 4.79 Å². The number of benzene rings is 1. The lowest BCUT2D eigenvalue weighted by molar-refractivity contribution is -0.139. The Bertz CT molecular complexity index is 648. The van der Waals surface area contributed by atoms with Crippen LogP contribution in [0, 0.1) is 0 Å². The number of hydrogen-bond donors (Lipinski definition) is 1. The van der Waals surface area contributed by atoms with Crippen LogP contribution < -0.4 is 9.47 Å². The Hall–Kier alpha value is -1.89. The third-order valence-corrected chi connectivity index (χ3v) is 6.15. The minimum absolute atomic E-state index is 0.0139. The largest absolute Gasteiger partial charge is 0.493 e. The Balaban J connectivity index is 1.81. The van der Waals surface area contributed by atoms with Crippen LogP contribution in [0.4, 0.5) is 0 Å². The van der Waals surface area contributed by atoms with Gasteiger partial charge in [0.2, 0.25) is 0 Å². The maximum absolute atomic E-state index is 13.0. The zero-order valence-corrected chi connectivity index (χ0v) is 15.1. The van der Waals surface area contributed by atoms with Gasteiger partial charge in [0, 0.05) is 29.2 Å². The second-order valence-electron chi connectivity index (χ2n) is 6.31. The highest BCUT2D eigenvalue weighted by Crippen LogP contribution is 2.37. The van der Waals surface area contributed by atoms with Gasteiger partial charge in [-0.1, -0.05) is 12.8 Å². The summed E-state index contributed by atoms with van der Waals surface area (Å²) in [7, 11) is 1.49. The third-order valence-electron chi connectivity index (χ3n) is 4.75. The minimum Gasteiger partial charge on any atom is -0.493 e. The van der Waals surface area contributed by atoms with Crippen molar-refractivity contribution >= 4 is 23.6 Å². The van der Waals surface area contributed by atoms with E-state index in [4.69, 9.17) is 14.6 Å². The molecule has 1 aromatic rings. The van der Waals surface area contributed by atoms with E-state index in [9.17, 15) is 9.59 Å². The molecule has 0 radical (unpaired) electrons. The van der Waals surface area contributed by atoms with Crippen LogP contribution in [0.5, 0.6) is 11.5 Å². The number of amides is 1. The van der Waals surface area contributed by atoms with Gasteiger partial charge in [0.25, 0.3) is 5.91 Å². The molecule has 1 heterocycles. The van der Waals surface area contributed by atoms with Gasteiger partial charge in [-0.25, -0.2) is 4.79 Å². The van der Waals surface area contributed by atoms with E-state index in [-0.39, 0.29) is 11.7 Å². The van der Waals surface area contributed by atoms with E-state index in [1.807, 2.05) is 16.7 Å². The van der Waals surface area contributed by atoms with Crippen molar-refractivity contribution in [3.63, 3.8) is 0 Å². The minimum atomic E-state index is -1.07. The van der Waals surface area contributed by atoms with Crippen molar-refractivity contribution in [1.29, 1.82) is 0 Å². The third kappa shape index (κ3) is 4.03. The molecular formula is C18H23NO5S. The van der Waals surface area contributed by atoms with Crippen molar-refractivity contribution in [3.8, 4) is 11.5 Å². The Morgan fingerprint density at radius 1 is 1.28 bits per heavy atom. The van der Waals surface area contributed by atoms with Crippen molar-refractivity contribution < 1.29 is 24.2 Å². The summed E-state index contributed by atoms with van der Waals surface area (Å²) in [6.07, 6.45) is 4.64. The van der Waals surface area contributed by atoms with E-state index in [0.717, 1.165) is 18.7 Å². The number of fused-ring (bicyclic) bond motifs is 1. The molecule has 1 aromatic carbocycles. The van der Waals surface area contributed by atoms with Crippen LogP contribution >= 0.6 is 11.8 Å². The molecule has 0 bridgehead atoms. The molecule has 3 rings (SSSR count). The normalized spacial score (nSPS) is 22.8. The fourth-order valence-corrected chi connectivity index (χ4v) is 5.02. The second-order valence-corrected chi connectivity index (χ2v) is 7.65. The molecule has 1 aliphatic carbocycles. The molecule has 0 spiro atoms. The van der Waals surface area contributed by atoms with Gasteiger partial charge >= 0.3 is 5.97 Å². The van der Waals surface area contributed by atoms with Crippen LogP contribution in [-0.4, -0.2) is 59.2 Å². The summed E-state index contributed by atoms with van der Waals surface area (Å²) >= 11 is 1.98. The Labute approximate surface area is 151 Å². The lowest BCUT2D eigenvalue weighted by atomic mass is 9.92. The second kappa shape index (κ2) is 7.99. The number of ether oxygens (including phenoxy) is 2. The number of thioether (sulfide) groups is 1. The van der Waals surface area contributed by atoms with Gasteiger partial charge in [-0.05, 0) is 31.0 Å². The molecule has 1 saturated carbocycles. The average molecular weight is 365 g/mol. The number of carboxylic acids is 1. The van der Waals surface area contributed by atoms with E-state index in [1.165, 1.54) is 26.4 Å². The van der Waals surface area contributed by atoms with E-state index in [1.54, 1.807) is 18.2 Å². The predicted octanol–water partition coefficient (Wildman–Crippen LogP) is 2.66. The van der Waals surface area contributed by atoms with Crippen molar-refractivity contribution in [2.24, 2.45) is 0 Å². The molecule has 0 unspecified atom stereocenters. The van der Waals surface area contributed by atoms with Crippen molar-refractivity contribution in [2.75, 3.05) is 26.0 Å². The first-order chi connectivity index (χ1) is 12.1. The van der Waals surface area contributed by atoms with Gasteiger partial charge in [0.15, 0.2) is 18.1 Å². The summed E-state index contributed by atoms with van der Waals surface area (Å²) in [6.45, 7) is 0.279. The molecule has 1 saturated heterocycles.